The zero-order chi connectivity index (χ0) is 12.8. The number of rotatable bonds is 2. The number of aromatic nitrogens is 2. The summed E-state index contributed by atoms with van der Waals surface area (Å²) in [6.07, 6.45) is 3.17. The van der Waals surface area contributed by atoms with Gasteiger partial charge in [0.2, 0.25) is 0 Å². The van der Waals surface area contributed by atoms with E-state index in [4.69, 9.17) is 5.73 Å². The first kappa shape index (κ1) is 12.4. The molecule has 0 atom stereocenters. The third-order valence-corrected chi connectivity index (χ3v) is 5.51. The van der Waals surface area contributed by atoms with Crippen LogP contribution in [0.3, 0.4) is 0 Å². The predicted molar refractivity (Wildman–Crippen MR) is 64.8 cm³/mol. The minimum atomic E-state index is -3.56. The molecule has 1 aliphatic heterocycles. The zero-order valence-electron chi connectivity index (χ0n) is 10.3. The van der Waals surface area contributed by atoms with E-state index < -0.39 is 10.0 Å². The van der Waals surface area contributed by atoms with Crippen molar-refractivity contribution in [3.8, 4) is 0 Å². The van der Waals surface area contributed by atoms with Crippen LogP contribution in [0.4, 0.5) is 5.82 Å². The summed E-state index contributed by atoms with van der Waals surface area (Å²) in [7, 11) is -1.92. The summed E-state index contributed by atoms with van der Waals surface area (Å²) in [5.41, 5.74) is 5.29. The number of anilines is 1. The summed E-state index contributed by atoms with van der Waals surface area (Å²) in [5, 5.41) is 0.0903. The normalized spacial score (nSPS) is 20.9. The predicted octanol–water partition coefficient (Wildman–Crippen LogP) is 0.565. The maximum Gasteiger partial charge on any atom is 0.262 e. The molecule has 2 N–H and O–H groups in total. The number of hydrogen-bond donors (Lipinski definition) is 1. The Morgan fingerprint density at radius 1 is 1.47 bits per heavy atom. The Balaban J connectivity index is 2.51. The van der Waals surface area contributed by atoms with Gasteiger partial charge in [0, 0.05) is 19.1 Å². The molecule has 1 fully saturated rings. The summed E-state index contributed by atoms with van der Waals surface area (Å²) in [6, 6.07) is 0. The average Bonchev–Trinajstić information content (AvgIpc) is 2.70. The van der Waals surface area contributed by atoms with Crippen LogP contribution in [0.5, 0.6) is 0 Å². The molecule has 17 heavy (non-hydrogen) atoms. The highest BCUT2D eigenvalue weighted by atomic mass is 32.2. The maximum atomic E-state index is 12.5. The summed E-state index contributed by atoms with van der Waals surface area (Å²) >= 11 is 0. The third-order valence-electron chi connectivity index (χ3n) is 3.27. The lowest BCUT2D eigenvalue weighted by molar-refractivity contribution is 0.290. The van der Waals surface area contributed by atoms with E-state index in [9.17, 15) is 8.42 Å². The van der Waals surface area contributed by atoms with Gasteiger partial charge in [-0.2, -0.15) is 4.31 Å². The van der Waals surface area contributed by atoms with Gasteiger partial charge in [-0.3, -0.25) is 0 Å². The molecule has 1 aromatic rings. The molecule has 0 radical (unpaired) electrons. The molecule has 0 aromatic carbocycles. The van der Waals surface area contributed by atoms with E-state index in [2.05, 4.69) is 4.98 Å². The van der Waals surface area contributed by atoms with E-state index in [-0.39, 0.29) is 16.4 Å². The molecule has 6 nitrogen and oxygen atoms in total. The summed E-state index contributed by atoms with van der Waals surface area (Å²) in [4.78, 5) is 3.84. The second kappa shape index (κ2) is 3.71. The van der Waals surface area contributed by atoms with Gasteiger partial charge in [-0.05, 0) is 26.7 Å². The minimum absolute atomic E-state index is 0.0650. The molecule has 0 unspecified atom stereocenters. The van der Waals surface area contributed by atoms with Gasteiger partial charge in [-0.15, -0.1) is 0 Å². The quantitative estimate of drug-likeness (QED) is 0.840. The smallest absolute Gasteiger partial charge is 0.262 e. The largest absolute Gasteiger partial charge is 0.381 e. The summed E-state index contributed by atoms with van der Waals surface area (Å²) in [6.45, 7) is 4.41. The highest BCUT2D eigenvalue weighted by molar-refractivity contribution is 7.89. The Kier molecular flexibility index (Phi) is 2.70. The highest BCUT2D eigenvalue weighted by Gasteiger charge is 2.42. The van der Waals surface area contributed by atoms with Crippen LogP contribution >= 0.6 is 0 Å². The lowest BCUT2D eigenvalue weighted by Gasteiger charge is -2.30. The second-order valence-corrected chi connectivity index (χ2v) is 6.82. The number of nitrogen functional groups attached to an aromatic ring is 1. The molecule has 2 heterocycles. The SMILES string of the molecule is Cn1cnc(N)c1S(=O)(=O)N1CCCC1(C)C. The van der Waals surface area contributed by atoms with Gasteiger partial charge in [-0.1, -0.05) is 0 Å². The molecule has 96 valence electrons. The molecule has 1 saturated heterocycles. The molecule has 0 saturated carbocycles. The fourth-order valence-corrected chi connectivity index (χ4v) is 4.43. The van der Waals surface area contributed by atoms with Gasteiger partial charge in [0.1, 0.15) is 0 Å². The van der Waals surface area contributed by atoms with Crippen molar-refractivity contribution in [2.45, 2.75) is 37.3 Å². The number of nitrogens with two attached hydrogens (primary N) is 1. The van der Waals surface area contributed by atoms with E-state index in [1.54, 1.807) is 7.05 Å². The number of nitrogens with zero attached hydrogens (tertiary/aromatic N) is 3. The Morgan fingerprint density at radius 3 is 2.53 bits per heavy atom. The van der Waals surface area contributed by atoms with Gasteiger partial charge < -0.3 is 10.3 Å². The molecule has 2 rings (SSSR count). The Morgan fingerprint density at radius 2 is 2.12 bits per heavy atom. The second-order valence-electron chi connectivity index (χ2n) is 5.04. The van der Waals surface area contributed by atoms with Crippen molar-refractivity contribution in [2.24, 2.45) is 7.05 Å². The van der Waals surface area contributed by atoms with Crippen LogP contribution in [-0.4, -0.2) is 34.4 Å². The minimum Gasteiger partial charge on any atom is -0.381 e. The van der Waals surface area contributed by atoms with Gasteiger partial charge in [0.25, 0.3) is 10.0 Å². The van der Waals surface area contributed by atoms with Crippen LogP contribution < -0.4 is 5.73 Å². The number of imidazole rings is 1. The van der Waals surface area contributed by atoms with Crippen LogP contribution in [0.15, 0.2) is 11.4 Å². The Labute approximate surface area is 101 Å². The fourth-order valence-electron chi connectivity index (χ4n) is 2.38. The molecule has 7 heteroatoms. The topological polar surface area (TPSA) is 81.2 Å². The monoisotopic (exact) mass is 258 g/mol. The standard InChI is InChI=1S/C10H18N4O2S/c1-10(2)5-4-6-14(10)17(15,16)9-8(11)12-7-13(9)3/h7H,4-6,11H2,1-3H3. The fraction of sp³-hybridized carbons (Fsp3) is 0.700. The molecule has 1 aromatic heterocycles. The van der Waals surface area contributed by atoms with Gasteiger partial charge in [0.05, 0.1) is 6.33 Å². The molecular formula is C10H18N4O2S. The maximum absolute atomic E-state index is 12.5. The third kappa shape index (κ3) is 1.83. The van der Waals surface area contributed by atoms with Crippen LogP contribution in [0.1, 0.15) is 26.7 Å². The number of aryl methyl sites for hydroxylation is 1. The molecular weight excluding hydrogens is 240 g/mol. The summed E-state index contributed by atoms with van der Waals surface area (Å²) < 4.78 is 28.1. The van der Waals surface area contributed by atoms with Crippen molar-refractivity contribution < 1.29 is 8.42 Å². The van der Waals surface area contributed by atoms with Crippen molar-refractivity contribution in [1.82, 2.24) is 13.9 Å². The Bertz CT molecular complexity index is 513. The first-order valence-corrected chi connectivity index (χ1v) is 7.00. The van der Waals surface area contributed by atoms with Crippen molar-refractivity contribution in [3.63, 3.8) is 0 Å². The van der Waals surface area contributed by atoms with Crippen molar-refractivity contribution in [1.29, 1.82) is 0 Å². The first-order chi connectivity index (χ1) is 7.77. The van der Waals surface area contributed by atoms with Gasteiger partial charge in [-0.25, -0.2) is 13.4 Å². The van der Waals surface area contributed by atoms with Crippen molar-refractivity contribution >= 4 is 15.8 Å². The first-order valence-electron chi connectivity index (χ1n) is 5.56. The average molecular weight is 258 g/mol. The Hall–Kier alpha value is -1.08. The lowest BCUT2D eigenvalue weighted by Crippen LogP contribution is -2.43. The van der Waals surface area contributed by atoms with E-state index in [1.807, 2.05) is 13.8 Å². The van der Waals surface area contributed by atoms with E-state index >= 15 is 0 Å². The molecule has 0 bridgehead atoms. The van der Waals surface area contributed by atoms with Crippen LogP contribution in [0.25, 0.3) is 0 Å². The zero-order valence-corrected chi connectivity index (χ0v) is 11.2. The van der Waals surface area contributed by atoms with Crippen LogP contribution in [0, 0.1) is 0 Å². The van der Waals surface area contributed by atoms with Crippen LogP contribution in [-0.2, 0) is 17.1 Å². The molecule has 0 spiro atoms. The number of sulfonamides is 1. The van der Waals surface area contributed by atoms with E-state index in [0.29, 0.717) is 6.54 Å². The molecule has 0 aliphatic carbocycles. The van der Waals surface area contributed by atoms with Crippen molar-refractivity contribution in [3.05, 3.63) is 6.33 Å². The molecule has 0 amide bonds. The van der Waals surface area contributed by atoms with Crippen molar-refractivity contribution in [2.75, 3.05) is 12.3 Å². The van der Waals surface area contributed by atoms with Gasteiger partial charge in [0.15, 0.2) is 10.8 Å². The lowest BCUT2D eigenvalue weighted by atomic mass is 10.0. The summed E-state index contributed by atoms with van der Waals surface area (Å²) in [5.74, 6) is 0.0650. The highest BCUT2D eigenvalue weighted by Crippen LogP contribution is 2.34. The number of hydrogen-bond acceptors (Lipinski definition) is 4. The van der Waals surface area contributed by atoms with Gasteiger partial charge >= 0.3 is 0 Å². The van der Waals surface area contributed by atoms with Crippen LogP contribution in [0.2, 0.25) is 0 Å². The molecule has 1 aliphatic rings. The van der Waals surface area contributed by atoms with E-state index in [1.165, 1.54) is 15.2 Å². The van der Waals surface area contributed by atoms with E-state index in [0.717, 1.165) is 12.8 Å².